The molecule has 1 amide bonds. The van der Waals surface area contributed by atoms with E-state index in [4.69, 9.17) is 0 Å². The fraction of sp³-hybridized carbons (Fsp3) is 0.909. The predicted octanol–water partition coefficient (Wildman–Crippen LogP) is 2.13. The van der Waals surface area contributed by atoms with Gasteiger partial charge in [0.05, 0.1) is 6.54 Å². The minimum absolute atomic E-state index is 0.0586. The number of hydrogen-bond acceptors (Lipinski definition) is 2. The van der Waals surface area contributed by atoms with Crippen LogP contribution in [0.25, 0.3) is 0 Å². The average Bonchev–Trinajstić information content (AvgIpc) is 2.21. The summed E-state index contributed by atoms with van der Waals surface area (Å²) >= 11 is 0. The first-order valence-corrected chi connectivity index (χ1v) is 5.83. The van der Waals surface area contributed by atoms with E-state index in [1.165, 1.54) is 7.05 Å². The smallest absolute Gasteiger partial charge is 0.336 e. The van der Waals surface area contributed by atoms with Crippen LogP contribution >= 0.6 is 0 Å². The van der Waals surface area contributed by atoms with Crippen molar-refractivity contribution in [3.05, 3.63) is 0 Å². The van der Waals surface area contributed by atoms with E-state index in [0.29, 0.717) is 6.54 Å². The van der Waals surface area contributed by atoms with Crippen LogP contribution in [0.5, 0.6) is 0 Å². The Bertz CT molecular complexity index is 231. The molecule has 0 aliphatic heterocycles. The molecule has 0 aromatic rings. The van der Waals surface area contributed by atoms with E-state index < -0.39 is 18.6 Å². The maximum atomic E-state index is 12.1. The summed E-state index contributed by atoms with van der Waals surface area (Å²) in [5, 5.41) is 0. The number of unbranched alkanes of at least 4 members (excludes halogenated alkanes) is 1. The minimum atomic E-state index is -4.33. The molecule has 0 N–H and O–H groups in total. The third kappa shape index (κ3) is 8.01. The highest BCUT2D eigenvalue weighted by atomic mass is 19.4. The lowest BCUT2D eigenvalue weighted by Crippen LogP contribution is -2.42. The molecule has 6 heteroatoms. The predicted molar refractivity (Wildman–Crippen MR) is 60.7 cm³/mol. The quantitative estimate of drug-likeness (QED) is 0.695. The fourth-order valence-electron chi connectivity index (χ4n) is 1.40. The summed E-state index contributed by atoms with van der Waals surface area (Å²) < 4.78 is 36.2. The molecule has 17 heavy (non-hydrogen) atoms. The van der Waals surface area contributed by atoms with Crippen LogP contribution in [0.2, 0.25) is 0 Å². The van der Waals surface area contributed by atoms with Gasteiger partial charge >= 0.3 is 6.18 Å². The van der Waals surface area contributed by atoms with Crippen molar-refractivity contribution in [3.8, 4) is 0 Å². The van der Waals surface area contributed by atoms with E-state index in [1.54, 1.807) is 0 Å². The van der Waals surface area contributed by atoms with E-state index in [-0.39, 0.29) is 6.54 Å². The van der Waals surface area contributed by atoms with Gasteiger partial charge in [0, 0.05) is 7.05 Å². The van der Waals surface area contributed by atoms with Crippen LogP contribution in [0.15, 0.2) is 0 Å². The van der Waals surface area contributed by atoms with E-state index >= 15 is 0 Å². The van der Waals surface area contributed by atoms with Crippen molar-refractivity contribution in [1.82, 2.24) is 9.80 Å². The summed E-state index contributed by atoms with van der Waals surface area (Å²) in [7, 11) is 1.18. The lowest BCUT2D eigenvalue weighted by molar-refractivity contribution is -0.159. The van der Waals surface area contributed by atoms with Crippen molar-refractivity contribution in [2.75, 3.05) is 33.2 Å². The van der Waals surface area contributed by atoms with Crippen molar-refractivity contribution in [3.63, 3.8) is 0 Å². The maximum Gasteiger partial charge on any atom is 0.406 e. The van der Waals surface area contributed by atoms with Gasteiger partial charge in [-0.3, -0.25) is 9.69 Å². The zero-order chi connectivity index (χ0) is 13.5. The molecule has 0 unspecified atom stereocenters. The largest absolute Gasteiger partial charge is 0.406 e. The molecule has 0 atom stereocenters. The van der Waals surface area contributed by atoms with Gasteiger partial charge in [0.2, 0.25) is 5.91 Å². The number of rotatable bonds is 7. The Kier molecular flexibility index (Phi) is 7.18. The zero-order valence-electron chi connectivity index (χ0n) is 10.7. The number of nitrogens with zero attached hydrogens (tertiary/aromatic N) is 2. The number of carbonyl (C=O) groups is 1. The number of hydrogen-bond donors (Lipinski definition) is 0. The molecule has 0 heterocycles. The summed E-state index contributed by atoms with van der Waals surface area (Å²) in [5.74, 6) is -0.486. The lowest BCUT2D eigenvalue weighted by Gasteiger charge is -2.24. The summed E-state index contributed by atoms with van der Waals surface area (Å²) in [6.45, 7) is 4.22. The number of carbonyl (C=O) groups excluding carboxylic acids is 1. The Hall–Kier alpha value is -0.780. The van der Waals surface area contributed by atoms with Crippen LogP contribution in [0.4, 0.5) is 13.2 Å². The number of amides is 1. The first kappa shape index (κ1) is 16.2. The monoisotopic (exact) mass is 254 g/mol. The Morgan fingerprint density at radius 1 is 1.24 bits per heavy atom. The van der Waals surface area contributed by atoms with E-state index in [0.717, 1.165) is 24.3 Å². The molecule has 0 saturated heterocycles. The second-order valence-electron chi connectivity index (χ2n) is 4.09. The van der Waals surface area contributed by atoms with E-state index in [2.05, 4.69) is 0 Å². The van der Waals surface area contributed by atoms with Gasteiger partial charge in [-0.25, -0.2) is 0 Å². The van der Waals surface area contributed by atoms with Crippen molar-refractivity contribution < 1.29 is 18.0 Å². The van der Waals surface area contributed by atoms with Crippen molar-refractivity contribution in [2.45, 2.75) is 32.9 Å². The molecule has 0 aromatic carbocycles. The summed E-state index contributed by atoms with van der Waals surface area (Å²) in [4.78, 5) is 14.1. The Balaban J connectivity index is 4.12. The molecule has 0 fully saturated rings. The maximum absolute atomic E-state index is 12.1. The van der Waals surface area contributed by atoms with Gasteiger partial charge in [0.1, 0.15) is 6.54 Å². The van der Waals surface area contributed by atoms with Gasteiger partial charge in [-0.15, -0.1) is 0 Å². The number of likely N-dealkylation sites (N-methyl/N-ethyl adjacent to an activating group) is 2. The standard InChI is InChI=1S/C11H21F3N2O/c1-4-6-7-16(5-2)8-10(17)15(3)9-11(12,13)14/h4-9H2,1-3H3. The van der Waals surface area contributed by atoms with Gasteiger partial charge < -0.3 is 4.90 Å². The number of alkyl halides is 3. The minimum Gasteiger partial charge on any atom is -0.336 e. The molecule has 0 bridgehead atoms. The first-order chi connectivity index (χ1) is 7.80. The van der Waals surface area contributed by atoms with Crippen LogP contribution in [0, 0.1) is 0 Å². The van der Waals surface area contributed by atoms with E-state index in [1.807, 2.05) is 18.7 Å². The van der Waals surface area contributed by atoms with Gasteiger partial charge in [0.25, 0.3) is 0 Å². The van der Waals surface area contributed by atoms with Crippen molar-refractivity contribution >= 4 is 5.91 Å². The molecule has 0 aromatic heterocycles. The molecule has 0 spiro atoms. The van der Waals surface area contributed by atoms with Gasteiger partial charge in [-0.2, -0.15) is 13.2 Å². The molecule has 0 aliphatic carbocycles. The van der Waals surface area contributed by atoms with Gasteiger partial charge in [-0.05, 0) is 19.5 Å². The Morgan fingerprint density at radius 2 is 1.82 bits per heavy atom. The molecule has 0 saturated carbocycles. The Morgan fingerprint density at radius 3 is 2.24 bits per heavy atom. The van der Waals surface area contributed by atoms with Crippen LogP contribution in [-0.2, 0) is 4.79 Å². The summed E-state index contributed by atoms with van der Waals surface area (Å²) in [6.07, 6.45) is -2.38. The van der Waals surface area contributed by atoms with Crippen LogP contribution < -0.4 is 0 Å². The van der Waals surface area contributed by atoms with Crippen LogP contribution in [-0.4, -0.2) is 55.1 Å². The topological polar surface area (TPSA) is 23.6 Å². The van der Waals surface area contributed by atoms with Gasteiger partial charge in [-0.1, -0.05) is 20.3 Å². The fourth-order valence-corrected chi connectivity index (χ4v) is 1.40. The van der Waals surface area contributed by atoms with Crippen molar-refractivity contribution in [1.29, 1.82) is 0 Å². The normalized spacial score (nSPS) is 11.9. The van der Waals surface area contributed by atoms with Gasteiger partial charge in [0.15, 0.2) is 0 Å². The molecule has 3 nitrogen and oxygen atoms in total. The first-order valence-electron chi connectivity index (χ1n) is 5.83. The SMILES string of the molecule is CCCCN(CC)CC(=O)N(C)CC(F)(F)F. The van der Waals surface area contributed by atoms with Crippen molar-refractivity contribution in [2.24, 2.45) is 0 Å². The highest BCUT2D eigenvalue weighted by Crippen LogP contribution is 2.15. The number of halogens is 3. The summed E-state index contributed by atoms with van der Waals surface area (Å²) in [5.41, 5.74) is 0. The Labute approximate surface area is 101 Å². The highest BCUT2D eigenvalue weighted by Gasteiger charge is 2.31. The zero-order valence-corrected chi connectivity index (χ0v) is 10.7. The molecule has 102 valence electrons. The summed E-state index contributed by atoms with van der Waals surface area (Å²) in [6, 6.07) is 0. The molecular weight excluding hydrogens is 233 g/mol. The molecule has 0 aliphatic rings. The third-order valence-electron chi connectivity index (χ3n) is 2.48. The highest BCUT2D eigenvalue weighted by molar-refractivity contribution is 5.78. The van der Waals surface area contributed by atoms with E-state index in [9.17, 15) is 18.0 Å². The second kappa shape index (κ2) is 7.53. The molecule has 0 rings (SSSR count). The van der Waals surface area contributed by atoms with Crippen LogP contribution in [0.3, 0.4) is 0 Å². The lowest BCUT2D eigenvalue weighted by atomic mass is 10.3. The second-order valence-corrected chi connectivity index (χ2v) is 4.09. The molecule has 0 radical (unpaired) electrons. The molecular formula is C11H21F3N2O. The van der Waals surface area contributed by atoms with Crippen LogP contribution in [0.1, 0.15) is 26.7 Å². The third-order valence-corrected chi connectivity index (χ3v) is 2.48. The average molecular weight is 254 g/mol.